The second-order valence-corrected chi connectivity index (χ2v) is 3.43. The maximum Gasteiger partial charge on any atom is 0.309 e. The van der Waals surface area contributed by atoms with Crippen LogP contribution in [0, 0.1) is 13.8 Å². The van der Waals surface area contributed by atoms with Crippen molar-refractivity contribution in [2.45, 2.75) is 20.4 Å². The lowest BCUT2D eigenvalue weighted by atomic mass is 10.3. The first-order chi connectivity index (χ1) is 6.74. The number of hydrogen-bond acceptors (Lipinski definition) is 1. The van der Waals surface area contributed by atoms with Crippen LogP contribution in [0.25, 0.3) is 5.65 Å². The third-order valence-corrected chi connectivity index (χ3v) is 2.39. The van der Waals surface area contributed by atoms with E-state index in [-0.39, 0.29) is 0 Å². The van der Waals surface area contributed by atoms with E-state index in [2.05, 4.69) is 36.2 Å². The van der Waals surface area contributed by atoms with Crippen molar-refractivity contribution in [2.75, 3.05) is 0 Å². The van der Waals surface area contributed by atoms with Crippen molar-refractivity contribution in [1.82, 2.24) is 9.61 Å². The monoisotopic (exact) mass is 188 g/mol. The summed E-state index contributed by atoms with van der Waals surface area (Å²) in [6.45, 7) is 8.74. The van der Waals surface area contributed by atoms with Crippen LogP contribution in [-0.2, 0) is 6.54 Å². The van der Waals surface area contributed by atoms with E-state index in [9.17, 15) is 0 Å². The van der Waals surface area contributed by atoms with Gasteiger partial charge in [0.1, 0.15) is 17.9 Å². The van der Waals surface area contributed by atoms with Crippen molar-refractivity contribution in [2.24, 2.45) is 0 Å². The maximum atomic E-state index is 4.26. The second kappa shape index (κ2) is 3.25. The minimum atomic E-state index is 0.821. The Bertz CT molecular complexity index is 482. The van der Waals surface area contributed by atoms with Gasteiger partial charge in [-0.25, -0.2) is 4.57 Å². The highest BCUT2D eigenvalue weighted by molar-refractivity contribution is 5.31. The smallest absolute Gasteiger partial charge is 0.226 e. The Morgan fingerprint density at radius 2 is 2.36 bits per heavy atom. The number of fused-ring (bicyclic) bond motifs is 1. The van der Waals surface area contributed by atoms with Gasteiger partial charge < -0.3 is 0 Å². The van der Waals surface area contributed by atoms with Crippen molar-refractivity contribution < 1.29 is 4.57 Å². The Hall–Kier alpha value is -1.64. The summed E-state index contributed by atoms with van der Waals surface area (Å²) in [6, 6.07) is 4.15. The van der Waals surface area contributed by atoms with Crippen molar-refractivity contribution in [1.29, 1.82) is 0 Å². The SMILES string of the molecule is C=CC[n+]1c(C)cc(C)n2nccc21. The Morgan fingerprint density at radius 3 is 3.07 bits per heavy atom. The van der Waals surface area contributed by atoms with Gasteiger partial charge >= 0.3 is 5.65 Å². The molecule has 0 amide bonds. The highest BCUT2D eigenvalue weighted by atomic mass is 15.3. The summed E-state index contributed by atoms with van der Waals surface area (Å²) in [4.78, 5) is 0. The van der Waals surface area contributed by atoms with E-state index >= 15 is 0 Å². The molecule has 0 aliphatic carbocycles. The van der Waals surface area contributed by atoms with Crippen LogP contribution >= 0.6 is 0 Å². The average Bonchev–Trinajstić information content (AvgIpc) is 2.60. The number of allylic oxidation sites excluding steroid dienone is 1. The molecule has 0 saturated carbocycles. The number of rotatable bonds is 2. The van der Waals surface area contributed by atoms with Gasteiger partial charge in [0.05, 0.1) is 12.3 Å². The van der Waals surface area contributed by atoms with Gasteiger partial charge in [0.2, 0.25) is 0 Å². The summed E-state index contributed by atoms with van der Waals surface area (Å²) in [6.07, 6.45) is 3.72. The molecule has 0 fully saturated rings. The van der Waals surface area contributed by atoms with Gasteiger partial charge in [-0.3, -0.25) is 0 Å². The molecule has 0 aliphatic heterocycles. The van der Waals surface area contributed by atoms with Crippen LogP contribution in [0.2, 0.25) is 0 Å². The van der Waals surface area contributed by atoms with E-state index in [1.165, 1.54) is 5.69 Å². The van der Waals surface area contributed by atoms with E-state index in [1.807, 2.05) is 22.9 Å². The van der Waals surface area contributed by atoms with Gasteiger partial charge in [0.25, 0.3) is 0 Å². The molecule has 0 radical (unpaired) electrons. The highest BCUT2D eigenvalue weighted by Gasteiger charge is 2.13. The van der Waals surface area contributed by atoms with Crippen LogP contribution in [0.3, 0.4) is 0 Å². The van der Waals surface area contributed by atoms with E-state index in [4.69, 9.17) is 0 Å². The lowest BCUT2D eigenvalue weighted by Gasteiger charge is -2.03. The summed E-state index contributed by atoms with van der Waals surface area (Å²) in [5, 5.41) is 4.26. The number of aromatic nitrogens is 3. The molecule has 0 spiro atoms. The normalized spacial score (nSPS) is 10.7. The third kappa shape index (κ3) is 1.21. The lowest BCUT2D eigenvalue weighted by Crippen LogP contribution is -2.38. The van der Waals surface area contributed by atoms with Crippen LogP contribution < -0.4 is 4.57 Å². The predicted octanol–water partition coefficient (Wildman–Crippen LogP) is 1.42. The summed E-state index contributed by atoms with van der Waals surface area (Å²) in [7, 11) is 0. The molecule has 2 aromatic heterocycles. The molecule has 0 N–H and O–H groups in total. The standard InChI is InChI=1S/C11H14N3/c1-4-7-13-9(2)8-10(3)14-11(13)5-6-12-14/h4-6,8H,1,7H2,2-3H3/q+1. The van der Waals surface area contributed by atoms with Crippen molar-refractivity contribution in [3.8, 4) is 0 Å². The minimum Gasteiger partial charge on any atom is -0.226 e. The van der Waals surface area contributed by atoms with Crippen LogP contribution in [-0.4, -0.2) is 9.61 Å². The number of nitrogens with zero attached hydrogens (tertiary/aromatic N) is 3. The molecule has 0 saturated heterocycles. The molecule has 0 aliphatic rings. The largest absolute Gasteiger partial charge is 0.309 e. The molecule has 0 bridgehead atoms. The molecular formula is C11H14N3+. The average molecular weight is 188 g/mol. The number of hydrogen-bond donors (Lipinski definition) is 0. The lowest BCUT2D eigenvalue weighted by molar-refractivity contribution is -0.670. The van der Waals surface area contributed by atoms with Gasteiger partial charge in [-0.15, -0.1) is 4.52 Å². The number of aryl methyl sites for hydroxylation is 2. The summed E-state index contributed by atoms with van der Waals surface area (Å²) < 4.78 is 4.13. The minimum absolute atomic E-state index is 0.821. The summed E-state index contributed by atoms with van der Waals surface area (Å²) >= 11 is 0. The van der Waals surface area contributed by atoms with Gasteiger partial charge in [-0.2, -0.15) is 0 Å². The zero-order chi connectivity index (χ0) is 10.1. The molecule has 2 rings (SSSR count). The van der Waals surface area contributed by atoms with E-state index < -0.39 is 0 Å². The Kier molecular flexibility index (Phi) is 2.08. The molecule has 14 heavy (non-hydrogen) atoms. The molecule has 2 aromatic rings. The first kappa shape index (κ1) is 8.94. The van der Waals surface area contributed by atoms with Crippen LogP contribution in [0.1, 0.15) is 11.4 Å². The maximum absolute atomic E-state index is 4.26. The fraction of sp³-hybridized carbons (Fsp3) is 0.273. The fourth-order valence-electron chi connectivity index (χ4n) is 1.76. The van der Waals surface area contributed by atoms with Gasteiger partial charge in [0.15, 0.2) is 0 Å². The Balaban J connectivity index is 2.79. The zero-order valence-corrected chi connectivity index (χ0v) is 8.57. The highest BCUT2D eigenvalue weighted by Crippen LogP contribution is 2.03. The van der Waals surface area contributed by atoms with Crippen LogP contribution in [0.4, 0.5) is 0 Å². The molecule has 0 unspecified atom stereocenters. The molecule has 0 atom stereocenters. The fourth-order valence-corrected chi connectivity index (χ4v) is 1.76. The van der Waals surface area contributed by atoms with Gasteiger partial charge in [0, 0.05) is 13.0 Å². The molecule has 0 aromatic carbocycles. The van der Waals surface area contributed by atoms with Crippen LogP contribution in [0.5, 0.6) is 0 Å². The van der Waals surface area contributed by atoms with E-state index in [1.54, 1.807) is 0 Å². The molecule has 3 heteroatoms. The Morgan fingerprint density at radius 1 is 1.57 bits per heavy atom. The van der Waals surface area contributed by atoms with Gasteiger partial charge in [-0.1, -0.05) is 17.8 Å². The zero-order valence-electron chi connectivity index (χ0n) is 8.57. The van der Waals surface area contributed by atoms with E-state index in [0.29, 0.717) is 0 Å². The van der Waals surface area contributed by atoms with Crippen molar-refractivity contribution in [3.05, 3.63) is 42.4 Å². The topological polar surface area (TPSA) is 21.2 Å². The third-order valence-electron chi connectivity index (χ3n) is 2.39. The quantitative estimate of drug-likeness (QED) is 0.516. The Labute approximate surface area is 83.3 Å². The molecular weight excluding hydrogens is 174 g/mol. The predicted molar refractivity (Wildman–Crippen MR) is 55.1 cm³/mol. The van der Waals surface area contributed by atoms with Crippen molar-refractivity contribution >= 4 is 5.65 Å². The van der Waals surface area contributed by atoms with Crippen molar-refractivity contribution in [3.63, 3.8) is 0 Å². The van der Waals surface area contributed by atoms with Gasteiger partial charge in [-0.05, 0) is 6.92 Å². The first-order valence-electron chi connectivity index (χ1n) is 4.68. The van der Waals surface area contributed by atoms with Crippen LogP contribution in [0.15, 0.2) is 31.0 Å². The second-order valence-electron chi connectivity index (χ2n) is 3.43. The molecule has 3 nitrogen and oxygen atoms in total. The van der Waals surface area contributed by atoms with E-state index in [0.717, 1.165) is 17.9 Å². The first-order valence-corrected chi connectivity index (χ1v) is 4.68. The summed E-state index contributed by atoms with van der Waals surface area (Å²) in [5.74, 6) is 0. The molecule has 2 heterocycles. The summed E-state index contributed by atoms with van der Waals surface area (Å²) in [5.41, 5.74) is 3.50. The molecule has 72 valence electrons.